The van der Waals surface area contributed by atoms with Gasteiger partial charge in [-0.15, -0.1) is 0 Å². The molecule has 0 fully saturated rings. The molecule has 0 aromatic heterocycles. The van der Waals surface area contributed by atoms with Gasteiger partial charge in [0.05, 0.1) is 4.90 Å². The number of carbonyl (C=O) groups excluding carboxylic acids is 1. The highest BCUT2D eigenvalue weighted by molar-refractivity contribution is 7.89. The van der Waals surface area contributed by atoms with Gasteiger partial charge in [-0.3, -0.25) is 4.79 Å². The lowest BCUT2D eigenvalue weighted by Crippen LogP contribution is -2.35. The topological polar surface area (TPSA) is 75.3 Å². The number of rotatable bonds is 8. The van der Waals surface area contributed by atoms with Gasteiger partial charge in [-0.1, -0.05) is 30.3 Å². The number of amides is 1. The van der Waals surface area contributed by atoms with Crippen LogP contribution in [0.2, 0.25) is 0 Å². The molecule has 0 radical (unpaired) electrons. The first kappa shape index (κ1) is 20.1. The molecule has 2 aromatic carbocycles. The summed E-state index contributed by atoms with van der Waals surface area (Å²) in [6.45, 7) is 3.81. The Kier molecular flexibility index (Phi) is 6.88. The molecular formula is C19H23FN2O3S. The van der Waals surface area contributed by atoms with Gasteiger partial charge in [0.1, 0.15) is 5.82 Å². The van der Waals surface area contributed by atoms with Crippen LogP contribution in [0, 0.1) is 19.7 Å². The van der Waals surface area contributed by atoms with Crippen LogP contribution in [0.1, 0.15) is 23.1 Å². The van der Waals surface area contributed by atoms with Crippen LogP contribution in [0.3, 0.4) is 0 Å². The van der Waals surface area contributed by atoms with Crippen molar-refractivity contribution in [3.8, 4) is 0 Å². The Balaban J connectivity index is 1.78. The largest absolute Gasteiger partial charge is 0.355 e. The number of benzene rings is 2. The second kappa shape index (κ2) is 8.91. The molecule has 0 spiro atoms. The predicted molar refractivity (Wildman–Crippen MR) is 98.8 cm³/mol. The van der Waals surface area contributed by atoms with Crippen molar-refractivity contribution in [2.75, 3.05) is 13.1 Å². The van der Waals surface area contributed by atoms with Gasteiger partial charge in [-0.05, 0) is 49.1 Å². The van der Waals surface area contributed by atoms with Gasteiger partial charge in [-0.2, -0.15) is 0 Å². The highest BCUT2D eigenvalue weighted by atomic mass is 32.2. The zero-order valence-corrected chi connectivity index (χ0v) is 15.7. The molecule has 0 aliphatic rings. The summed E-state index contributed by atoms with van der Waals surface area (Å²) < 4.78 is 40.6. The molecule has 0 aliphatic heterocycles. The van der Waals surface area contributed by atoms with Crippen molar-refractivity contribution in [2.24, 2.45) is 0 Å². The maximum Gasteiger partial charge on any atom is 0.240 e. The number of aryl methyl sites for hydroxylation is 3. The Bertz CT molecular complexity index is 882. The van der Waals surface area contributed by atoms with Crippen LogP contribution in [0.4, 0.5) is 4.39 Å². The van der Waals surface area contributed by atoms with Gasteiger partial charge in [0.2, 0.25) is 15.9 Å². The molecule has 0 saturated carbocycles. The summed E-state index contributed by atoms with van der Waals surface area (Å²) in [4.78, 5) is 12.0. The van der Waals surface area contributed by atoms with Crippen molar-refractivity contribution in [1.29, 1.82) is 0 Å². The Hall–Kier alpha value is -2.25. The van der Waals surface area contributed by atoms with E-state index in [1.54, 1.807) is 37.3 Å². The van der Waals surface area contributed by atoms with E-state index in [9.17, 15) is 17.6 Å². The molecule has 2 aromatic rings. The van der Waals surface area contributed by atoms with Gasteiger partial charge in [-0.25, -0.2) is 17.5 Å². The van der Waals surface area contributed by atoms with Crippen LogP contribution in [-0.4, -0.2) is 27.4 Å². The van der Waals surface area contributed by atoms with Crippen LogP contribution < -0.4 is 10.0 Å². The summed E-state index contributed by atoms with van der Waals surface area (Å²) >= 11 is 0. The van der Waals surface area contributed by atoms with Crippen molar-refractivity contribution in [2.45, 2.75) is 31.6 Å². The highest BCUT2D eigenvalue weighted by Gasteiger charge is 2.16. The van der Waals surface area contributed by atoms with E-state index in [-0.39, 0.29) is 36.1 Å². The molecular weight excluding hydrogens is 355 g/mol. The second-order valence-electron chi connectivity index (χ2n) is 6.11. The summed E-state index contributed by atoms with van der Waals surface area (Å²) in [7, 11) is -3.62. The molecule has 0 bridgehead atoms. The number of hydrogen-bond donors (Lipinski definition) is 2. The maximum absolute atomic E-state index is 13.5. The van der Waals surface area contributed by atoms with E-state index in [0.717, 1.165) is 5.56 Å². The SMILES string of the molecule is Cc1ccc(C)c(S(=O)(=O)NCCNC(=O)CCc2ccccc2F)c1. The third-order valence-corrected chi connectivity index (χ3v) is 5.55. The van der Waals surface area contributed by atoms with Gasteiger partial charge in [0.15, 0.2) is 0 Å². The summed E-state index contributed by atoms with van der Waals surface area (Å²) in [5.74, 6) is -0.583. The molecule has 0 unspecified atom stereocenters. The average molecular weight is 378 g/mol. The number of nitrogens with one attached hydrogen (secondary N) is 2. The van der Waals surface area contributed by atoms with Crippen molar-refractivity contribution >= 4 is 15.9 Å². The summed E-state index contributed by atoms with van der Waals surface area (Å²) in [5, 5.41) is 2.63. The van der Waals surface area contributed by atoms with Crippen molar-refractivity contribution < 1.29 is 17.6 Å². The fourth-order valence-corrected chi connectivity index (χ4v) is 3.86. The van der Waals surface area contributed by atoms with Gasteiger partial charge >= 0.3 is 0 Å². The molecule has 2 rings (SSSR count). The van der Waals surface area contributed by atoms with E-state index in [4.69, 9.17) is 0 Å². The molecule has 7 heteroatoms. The number of halogens is 1. The van der Waals surface area contributed by atoms with E-state index in [2.05, 4.69) is 10.0 Å². The van der Waals surface area contributed by atoms with E-state index in [0.29, 0.717) is 17.5 Å². The predicted octanol–water partition coefficient (Wildman–Crippen LogP) is 2.47. The number of sulfonamides is 1. The molecule has 5 nitrogen and oxygen atoms in total. The van der Waals surface area contributed by atoms with E-state index in [1.807, 2.05) is 13.0 Å². The molecule has 0 aliphatic carbocycles. The van der Waals surface area contributed by atoms with Crippen LogP contribution in [0.15, 0.2) is 47.4 Å². The minimum absolute atomic E-state index is 0.0845. The maximum atomic E-state index is 13.5. The summed E-state index contributed by atoms with van der Waals surface area (Å²) in [6.07, 6.45) is 0.442. The van der Waals surface area contributed by atoms with Gasteiger partial charge in [0.25, 0.3) is 0 Å². The van der Waals surface area contributed by atoms with Crippen LogP contribution >= 0.6 is 0 Å². The van der Waals surface area contributed by atoms with Crippen LogP contribution in [0.25, 0.3) is 0 Å². The molecule has 1 amide bonds. The first-order valence-corrected chi connectivity index (χ1v) is 9.85. The van der Waals surface area contributed by atoms with E-state index < -0.39 is 10.0 Å². The summed E-state index contributed by atoms with van der Waals surface area (Å²) in [6, 6.07) is 11.5. The quantitative estimate of drug-likeness (QED) is 0.693. The number of hydrogen-bond acceptors (Lipinski definition) is 3. The van der Waals surface area contributed by atoms with Crippen molar-refractivity contribution in [1.82, 2.24) is 10.0 Å². The fraction of sp³-hybridized carbons (Fsp3) is 0.316. The zero-order chi connectivity index (χ0) is 19.2. The second-order valence-corrected chi connectivity index (χ2v) is 7.84. The first-order valence-electron chi connectivity index (χ1n) is 8.36. The molecule has 26 heavy (non-hydrogen) atoms. The van der Waals surface area contributed by atoms with Crippen LogP contribution in [0.5, 0.6) is 0 Å². The standard InChI is InChI=1S/C19H23FN2O3S/c1-14-7-8-15(2)18(13-14)26(24,25)22-12-11-21-19(23)10-9-16-5-3-4-6-17(16)20/h3-8,13,22H,9-12H2,1-2H3,(H,21,23). The number of carbonyl (C=O) groups is 1. The lowest BCUT2D eigenvalue weighted by atomic mass is 10.1. The van der Waals surface area contributed by atoms with Crippen LogP contribution in [-0.2, 0) is 21.2 Å². The zero-order valence-electron chi connectivity index (χ0n) is 14.9. The van der Waals surface area contributed by atoms with Gasteiger partial charge in [0, 0.05) is 19.5 Å². The highest BCUT2D eigenvalue weighted by Crippen LogP contribution is 2.16. The minimum atomic E-state index is -3.62. The third kappa shape index (κ3) is 5.64. The van der Waals surface area contributed by atoms with E-state index in [1.165, 1.54) is 6.07 Å². The lowest BCUT2D eigenvalue weighted by molar-refractivity contribution is -0.121. The molecule has 0 heterocycles. The monoisotopic (exact) mass is 378 g/mol. The van der Waals surface area contributed by atoms with Crippen molar-refractivity contribution in [3.63, 3.8) is 0 Å². The minimum Gasteiger partial charge on any atom is -0.355 e. The molecule has 2 N–H and O–H groups in total. The Morgan fingerprint density at radius 2 is 1.81 bits per heavy atom. The Morgan fingerprint density at radius 1 is 1.08 bits per heavy atom. The molecule has 0 atom stereocenters. The van der Waals surface area contributed by atoms with Gasteiger partial charge < -0.3 is 5.32 Å². The third-order valence-electron chi connectivity index (χ3n) is 3.95. The summed E-state index contributed by atoms with van der Waals surface area (Å²) in [5.41, 5.74) is 2.01. The molecule has 0 saturated heterocycles. The van der Waals surface area contributed by atoms with Crippen molar-refractivity contribution in [3.05, 3.63) is 65.0 Å². The lowest BCUT2D eigenvalue weighted by Gasteiger charge is -2.11. The normalized spacial score (nSPS) is 11.3. The smallest absolute Gasteiger partial charge is 0.240 e. The fourth-order valence-electron chi connectivity index (χ4n) is 2.50. The Labute approximate surface area is 153 Å². The first-order chi connectivity index (χ1) is 12.3. The Morgan fingerprint density at radius 3 is 2.54 bits per heavy atom. The average Bonchev–Trinajstić information content (AvgIpc) is 2.60. The molecule has 140 valence electrons. The van der Waals surface area contributed by atoms with E-state index >= 15 is 0 Å².